The van der Waals surface area contributed by atoms with Crippen LogP contribution in [0.3, 0.4) is 0 Å². The molecule has 6 heteroatoms. The van der Waals surface area contributed by atoms with Crippen LogP contribution in [0.1, 0.15) is 15.9 Å². The van der Waals surface area contributed by atoms with E-state index >= 15 is 0 Å². The molecule has 25 heavy (non-hydrogen) atoms. The van der Waals surface area contributed by atoms with E-state index in [2.05, 4.69) is 10.3 Å². The van der Waals surface area contributed by atoms with E-state index in [4.69, 9.17) is 16.3 Å². The van der Waals surface area contributed by atoms with Gasteiger partial charge in [0.25, 0.3) is 5.91 Å². The fourth-order valence-electron chi connectivity index (χ4n) is 2.15. The summed E-state index contributed by atoms with van der Waals surface area (Å²) in [7, 11) is 0. The van der Waals surface area contributed by atoms with Gasteiger partial charge in [0.2, 0.25) is 0 Å². The number of ether oxygens (including phenoxy) is 1. The predicted octanol–water partition coefficient (Wildman–Crippen LogP) is 4.71. The molecule has 0 saturated carbocycles. The Kier molecular flexibility index (Phi) is 5.26. The molecule has 1 heterocycles. The first-order valence-electron chi connectivity index (χ1n) is 7.50. The Morgan fingerprint density at radius 3 is 2.80 bits per heavy atom. The van der Waals surface area contributed by atoms with Crippen molar-refractivity contribution in [3.8, 4) is 5.75 Å². The Bertz CT molecular complexity index is 888. The van der Waals surface area contributed by atoms with Gasteiger partial charge in [0, 0.05) is 29.2 Å². The molecule has 3 aromatic rings. The molecule has 0 aliphatic rings. The first-order valence-corrected chi connectivity index (χ1v) is 7.88. The Hall–Kier alpha value is -2.92. The first kappa shape index (κ1) is 16.9. The maximum Gasteiger partial charge on any atom is 0.255 e. The first-order chi connectivity index (χ1) is 12.1. The van der Waals surface area contributed by atoms with Crippen LogP contribution < -0.4 is 10.1 Å². The van der Waals surface area contributed by atoms with Crippen molar-refractivity contribution >= 4 is 23.2 Å². The number of halogens is 2. The lowest BCUT2D eigenvalue weighted by molar-refractivity contribution is 0.102. The van der Waals surface area contributed by atoms with Gasteiger partial charge in [-0.15, -0.1) is 0 Å². The molecule has 0 fully saturated rings. The van der Waals surface area contributed by atoms with Crippen molar-refractivity contribution in [3.63, 3.8) is 0 Å². The summed E-state index contributed by atoms with van der Waals surface area (Å²) in [6.07, 6.45) is 3.41. The van der Waals surface area contributed by atoms with Gasteiger partial charge in [-0.2, -0.15) is 0 Å². The van der Waals surface area contributed by atoms with Crippen molar-refractivity contribution in [2.75, 3.05) is 5.32 Å². The van der Waals surface area contributed by atoms with E-state index in [-0.39, 0.29) is 10.9 Å². The van der Waals surface area contributed by atoms with E-state index in [1.165, 1.54) is 18.2 Å². The summed E-state index contributed by atoms with van der Waals surface area (Å²) in [5.74, 6) is -0.311. The van der Waals surface area contributed by atoms with Gasteiger partial charge in [0.15, 0.2) is 0 Å². The minimum Gasteiger partial charge on any atom is -0.489 e. The summed E-state index contributed by atoms with van der Waals surface area (Å²) in [6, 6.07) is 14.5. The smallest absolute Gasteiger partial charge is 0.255 e. The average Bonchev–Trinajstić information content (AvgIpc) is 2.64. The summed E-state index contributed by atoms with van der Waals surface area (Å²) in [4.78, 5) is 16.3. The lowest BCUT2D eigenvalue weighted by Crippen LogP contribution is -2.12. The number of hydrogen-bond donors (Lipinski definition) is 1. The van der Waals surface area contributed by atoms with Crippen molar-refractivity contribution < 1.29 is 13.9 Å². The maximum absolute atomic E-state index is 13.2. The van der Waals surface area contributed by atoms with Gasteiger partial charge in [-0.25, -0.2) is 4.39 Å². The fraction of sp³-hybridized carbons (Fsp3) is 0.0526. The van der Waals surface area contributed by atoms with Crippen LogP contribution in [0.4, 0.5) is 10.1 Å². The van der Waals surface area contributed by atoms with Gasteiger partial charge in [-0.05, 0) is 42.5 Å². The Balaban J connectivity index is 1.67. The highest BCUT2D eigenvalue weighted by Gasteiger charge is 2.09. The van der Waals surface area contributed by atoms with Crippen LogP contribution in [0.5, 0.6) is 5.75 Å². The summed E-state index contributed by atoms with van der Waals surface area (Å²) in [6.45, 7) is 0.354. The van der Waals surface area contributed by atoms with Gasteiger partial charge >= 0.3 is 0 Å². The number of benzene rings is 2. The van der Waals surface area contributed by atoms with E-state index in [9.17, 15) is 9.18 Å². The van der Waals surface area contributed by atoms with Crippen LogP contribution in [0.15, 0.2) is 67.0 Å². The Morgan fingerprint density at radius 1 is 1.16 bits per heavy atom. The topological polar surface area (TPSA) is 51.2 Å². The molecular weight excluding hydrogens is 343 g/mol. The average molecular weight is 357 g/mol. The van der Waals surface area contributed by atoms with E-state index < -0.39 is 5.82 Å². The van der Waals surface area contributed by atoms with Crippen molar-refractivity contribution in [3.05, 3.63) is 89.0 Å². The molecular formula is C19H14ClFN2O2. The normalized spacial score (nSPS) is 10.3. The predicted molar refractivity (Wildman–Crippen MR) is 94.4 cm³/mol. The van der Waals surface area contributed by atoms with Gasteiger partial charge < -0.3 is 10.1 Å². The number of carbonyl (C=O) groups excluding carboxylic acids is 1. The molecule has 0 aliphatic carbocycles. The van der Waals surface area contributed by atoms with Crippen molar-refractivity contribution in [1.82, 2.24) is 4.98 Å². The van der Waals surface area contributed by atoms with Crippen LogP contribution in [-0.2, 0) is 6.61 Å². The monoisotopic (exact) mass is 356 g/mol. The number of anilines is 1. The summed E-state index contributed by atoms with van der Waals surface area (Å²) >= 11 is 5.72. The standard InChI is InChI=1S/C19H14ClFN2O2/c20-17-10-15(6-7-18(17)21)23-19(24)14-4-1-5-16(9-14)25-12-13-3-2-8-22-11-13/h1-11H,12H2,(H,23,24). The number of pyridine rings is 1. The Labute approximate surface area is 149 Å². The molecule has 1 amide bonds. The number of nitrogens with zero attached hydrogens (tertiary/aromatic N) is 1. The summed E-state index contributed by atoms with van der Waals surface area (Å²) in [5, 5.41) is 2.62. The molecule has 1 aromatic heterocycles. The van der Waals surface area contributed by atoms with E-state index in [0.29, 0.717) is 23.6 Å². The third-order valence-corrected chi connectivity index (χ3v) is 3.69. The lowest BCUT2D eigenvalue weighted by atomic mass is 10.2. The van der Waals surface area contributed by atoms with Crippen LogP contribution in [-0.4, -0.2) is 10.9 Å². The summed E-state index contributed by atoms with van der Waals surface area (Å²) < 4.78 is 18.8. The number of amides is 1. The molecule has 0 radical (unpaired) electrons. The zero-order chi connectivity index (χ0) is 17.6. The third-order valence-electron chi connectivity index (χ3n) is 3.40. The van der Waals surface area contributed by atoms with Crippen molar-refractivity contribution in [2.24, 2.45) is 0 Å². The molecule has 1 N–H and O–H groups in total. The molecule has 0 atom stereocenters. The molecule has 0 unspecified atom stereocenters. The molecule has 0 bridgehead atoms. The van der Waals surface area contributed by atoms with Crippen molar-refractivity contribution in [1.29, 1.82) is 0 Å². The van der Waals surface area contributed by atoms with Gasteiger partial charge in [-0.1, -0.05) is 23.7 Å². The zero-order valence-electron chi connectivity index (χ0n) is 13.1. The SMILES string of the molecule is O=C(Nc1ccc(F)c(Cl)c1)c1cccc(OCc2cccnc2)c1. The zero-order valence-corrected chi connectivity index (χ0v) is 13.8. The molecule has 0 spiro atoms. The largest absolute Gasteiger partial charge is 0.489 e. The lowest BCUT2D eigenvalue weighted by Gasteiger charge is -2.09. The van der Waals surface area contributed by atoms with E-state index in [0.717, 1.165) is 5.56 Å². The number of carbonyl (C=O) groups is 1. The second kappa shape index (κ2) is 7.77. The number of rotatable bonds is 5. The van der Waals surface area contributed by atoms with E-state index in [1.54, 1.807) is 36.7 Å². The fourth-order valence-corrected chi connectivity index (χ4v) is 2.33. The van der Waals surface area contributed by atoms with Crippen LogP contribution >= 0.6 is 11.6 Å². The minimum absolute atomic E-state index is 0.0497. The highest BCUT2D eigenvalue weighted by atomic mass is 35.5. The highest BCUT2D eigenvalue weighted by molar-refractivity contribution is 6.31. The number of aromatic nitrogens is 1. The quantitative estimate of drug-likeness (QED) is 0.720. The molecule has 2 aromatic carbocycles. The Morgan fingerprint density at radius 2 is 2.04 bits per heavy atom. The van der Waals surface area contributed by atoms with Gasteiger partial charge in [-0.3, -0.25) is 9.78 Å². The maximum atomic E-state index is 13.2. The summed E-state index contributed by atoms with van der Waals surface area (Å²) in [5.41, 5.74) is 1.76. The molecule has 0 saturated heterocycles. The van der Waals surface area contributed by atoms with Crippen LogP contribution in [0, 0.1) is 5.82 Å². The molecule has 0 aliphatic heterocycles. The van der Waals surface area contributed by atoms with Crippen LogP contribution in [0.2, 0.25) is 5.02 Å². The second-order valence-electron chi connectivity index (χ2n) is 5.26. The molecule has 3 rings (SSSR count). The molecule has 126 valence electrons. The third kappa shape index (κ3) is 4.55. The van der Waals surface area contributed by atoms with E-state index in [1.807, 2.05) is 12.1 Å². The highest BCUT2D eigenvalue weighted by Crippen LogP contribution is 2.21. The molecule has 4 nitrogen and oxygen atoms in total. The number of nitrogens with one attached hydrogen (secondary N) is 1. The van der Waals surface area contributed by atoms with Crippen LogP contribution in [0.25, 0.3) is 0 Å². The number of hydrogen-bond acceptors (Lipinski definition) is 3. The van der Waals surface area contributed by atoms with Gasteiger partial charge in [0.1, 0.15) is 18.2 Å². The van der Waals surface area contributed by atoms with Gasteiger partial charge in [0.05, 0.1) is 5.02 Å². The van der Waals surface area contributed by atoms with Crippen molar-refractivity contribution in [2.45, 2.75) is 6.61 Å². The second-order valence-corrected chi connectivity index (χ2v) is 5.67. The minimum atomic E-state index is -0.537.